The summed E-state index contributed by atoms with van der Waals surface area (Å²) in [5, 5.41) is 3.33. The molecule has 3 rings (SSSR count). The highest BCUT2D eigenvalue weighted by Gasteiger charge is 2.18. The van der Waals surface area contributed by atoms with Crippen LogP contribution in [0.2, 0.25) is 0 Å². The molecule has 25 heavy (non-hydrogen) atoms. The molecule has 1 aliphatic heterocycles. The molecule has 2 aromatic carbocycles. The molecule has 0 bridgehead atoms. The maximum absolute atomic E-state index is 12.7. The fourth-order valence-electron chi connectivity index (χ4n) is 3.04. The molecule has 2 N–H and O–H groups in total. The average Bonchev–Trinajstić information content (AvgIpc) is 3.16. The van der Waals surface area contributed by atoms with Gasteiger partial charge in [0.2, 0.25) is 0 Å². The lowest BCUT2D eigenvalue weighted by atomic mass is 9.98. The highest BCUT2D eigenvalue weighted by molar-refractivity contribution is 7.92. The summed E-state index contributed by atoms with van der Waals surface area (Å²) in [6.07, 6.45) is 1.11. The molecule has 2 atom stereocenters. The number of benzene rings is 2. The van der Waals surface area contributed by atoms with Crippen LogP contribution in [0.5, 0.6) is 0 Å². The number of hydrogen-bond acceptors (Lipinski definition) is 3. The second-order valence-corrected chi connectivity index (χ2v) is 8.22. The first-order chi connectivity index (χ1) is 12.0. The summed E-state index contributed by atoms with van der Waals surface area (Å²) in [7, 11) is -3.65. The lowest BCUT2D eigenvalue weighted by Crippen LogP contribution is -2.13. The van der Waals surface area contributed by atoms with Crippen molar-refractivity contribution in [1.82, 2.24) is 5.32 Å². The van der Waals surface area contributed by atoms with Crippen molar-refractivity contribution in [2.24, 2.45) is 0 Å². The average molecular weight is 362 g/mol. The molecule has 0 amide bonds. The van der Waals surface area contributed by atoms with Gasteiger partial charge in [-0.25, -0.2) is 8.42 Å². The Hall–Kier alpha value is -1.92. The van der Waals surface area contributed by atoms with E-state index >= 15 is 0 Å². The fourth-order valence-corrected chi connectivity index (χ4v) is 4.10. The molecule has 0 spiro atoms. The zero-order chi connectivity index (χ0) is 17.9. The van der Waals surface area contributed by atoms with Gasteiger partial charge in [-0.2, -0.15) is 0 Å². The van der Waals surface area contributed by atoms with Gasteiger partial charge >= 0.3 is 0 Å². The fraction of sp³-hybridized carbons (Fsp3) is 0.368. The van der Waals surface area contributed by atoms with Crippen LogP contribution >= 0.6 is 0 Å². The molecule has 6 heteroatoms. The summed E-state index contributed by atoms with van der Waals surface area (Å²) in [4.78, 5) is 0.173. The van der Waals surface area contributed by atoms with Crippen molar-refractivity contribution in [2.75, 3.05) is 24.5 Å². The molecule has 0 aromatic heterocycles. The molecule has 1 saturated heterocycles. The van der Waals surface area contributed by atoms with Crippen molar-refractivity contribution in [3.05, 3.63) is 59.7 Å². The summed E-state index contributed by atoms with van der Waals surface area (Å²) in [5.41, 5.74) is 2.55. The van der Waals surface area contributed by atoms with Gasteiger partial charge in [-0.1, -0.05) is 31.2 Å². The van der Waals surface area contributed by atoms with Crippen molar-refractivity contribution in [3.63, 3.8) is 0 Å². The van der Waals surface area contributed by atoms with Gasteiger partial charge in [0, 0.05) is 18.2 Å². The zero-order valence-electron chi connectivity index (χ0n) is 14.2. The molecule has 1 aliphatic rings. The van der Waals surface area contributed by atoms with E-state index in [9.17, 15) is 12.8 Å². The highest BCUT2D eigenvalue weighted by atomic mass is 32.2. The topological polar surface area (TPSA) is 58.2 Å². The molecule has 1 fully saturated rings. The Morgan fingerprint density at radius 2 is 1.84 bits per heavy atom. The molecule has 1 heterocycles. The largest absolute Gasteiger partial charge is 0.316 e. The predicted octanol–water partition coefficient (Wildman–Crippen LogP) is 3.64. The maximum Gasteiger partial charge on any atom is 0.261 e. The van der Waals surface area contributed by atoms with E-state index in [1.54, 1.807) is 31.2 Å². The van der Waals surface area contributed by atoms with E-state index in [2.05, 4.69) is 10.0 Å². The van der Waals surface area contributed by atoms with Crippen LogP contribution in [0.4, 0.5) is 10.1 Å². The normalized spacial score (nSPS) is 18.9. The molecule has 0 saturated carbocycles. The smallest absolute Gasteiger partial charge is 0.261 e. The minimum absolute atomic E-state index is 0.173. The zero-order valence-corrected chi connectivity index (χ0v) is 15.0. The quantitative estimate of drug-likeness (QED) is 0.825. The molecule has 2 aromatic rings. The van der Waals surface area contributed by atoms with E-state index in [0.29, 0.717) is 11.6 Å². The van der Waals surface area contributed by atoms with Crippen molar-refractivity contribution in [3.8, 4) is 0 Å². The van der Waals surface area contributed by atoms with Crippen molar-refractivity contribution in [1.29, 1.82) is 0 Å². The number of rotatable bonds is 6. The van der Waals surface area contributed by atoms with Gasteiger partial charge in [-0.05, 0) is 54.3 Å². The van der Waals surface area contributed by atoms with Gasteiger partial charge in [-0.15, -0.1) is 0 Å². The number of nitrogens with one attached hydrogen (secondary N) is 2. The minimum Gasteiger partial charge on any atom is -0.316 e. The third kappa shape index (κ3) is 4.19. The van der Waals surface area contributed by atoms with Gasteiger partial charge in [0.25, 0.3) is 10.0 Å². The number of halogens is 1. The van der Waals surface area contributed by atoms with Gasteiger partial charge < -0.3 is 5.32 Å². The van der Waals surface area contributed by atoms with Crippen molar-refractivity contribution < 1.29 is 12.8 Å². The Morgan fingerprint density at radius 3 is 2.40 bits per heavy atom. The Balaban J connectivity index is 1.72. The number of alkyl halides is 1. The summed E-state index contributed by atoms with van der Waals surface area (Å²) >= 11 is 0. The SMILES string of the molecule is C[C@@H](CF)c1ccc(S(=O)(=O)Nc2ccc(C3CCNC3)cc2)cc1. The summed E-state index contributed by atoms with van der Waals surface area (Å²) in [6, 6.07) is 13.9. The predicted molar refractivity (Wildman–Crippen MR) is 98.3 cm³/mol. The van der Waals surface area contributed by atoms with E-state index in [-0.39, 0.29) is 10.8 Å². The highest BCUT2D eigenvalue weighted by Crippen LogP contribution is 2.25. The first-order valence-corrected chi connectivity index (χ1v) is 9.97. The summed E-state index contributed by atoms with van der Waals surface area (Å²) in [6.45, 7) is 3.29. The molecule has 4 nitrogen and oxygen atoms in total. The number of anilines is 1. The van der Waals surface area contributed by atoms with Gasteiger partial charge in [0.15, 0.2) is 0 Å². The van der Waals surface area contributed by atoms with Gasteiger partial charge in [0.05, 0.1) is 11.6 Å². The van der Waals surface area contributed by atoms with Crippen LogP contribution in [0, 0.1) is 0 Å². The maximum atomic E-state index is 12.7. The Bertz CT molecular complexity index is 798. The Kier molecular flexibility index (Phi) is 5.39. The van der Waals surface area contributed by atoms with Crippen LogP contribution in [-0.2, 0) is 10.0 Å². The van der Waals surface area contributed by atoms with Crippen molar-refractivity contribution in [2.45, 2.75) is 30.1 Å². The third-order valence-corrected chi connectivity index (χ3v) is 6.08. The van der Waals surface area contributed by atoms with E-state index in [4.69, 9.17) is 0 Å². The van der Waals surface area contributed by atoms with Crippen LogP contribution in [0.25, 0.3) is 0 Å². The Labute approximate surface area is 148 Å². The molecular formula is C19H23FN2O2S. The third-order valence-electron chi connectivity index (χ3n) is 4.69. The van der Waals surface area contributed by atoms with E-state index in [0.717, 1.165) is 25.1 Å². The van der Waals surface area contributed by atoms with Crippen LogP contribution in [0.15, 0.2) is 53.4 Å². The lowest BCUT2D eigenvalue weighted by Gasteiger charge is -2.12. The van der Waals surface area contributed by atoms with E-state index < -0.39 is 16.7 Å². The molecule has 0 radical (unpaired) electrons. The van der Waals surface area contributed by atoms with Crippen LogP contribution in [0.3, 0.4) is 0 Å². The molecule has 0 aliphatic carbocycles. The molecule has 1 unspecified atom stereocenters. The van der Waals surface area contributed by atoms with E-state index in [1.807, 2.05) is 12.1 Å². The lowest BCUT2D eigenvalue weighted by molar-refractivity contribution is 0.447. The van der Waals surface area contributed by atoms with Crippen molar-refractivity contribution >= 4 is 15.7 Å². The van der Waals surface area contributed by atoms with Crippen LogP contribution in [0.1, 0.15) is 36.3 Å². The Morgan fingerprint density at radius 1 is 1.16 bits per heavy atom. The number of hydrogen-bond donors (Lipinski definition) is 2. The van der Waals surface area contributed by atoms with Crippen LogP contribution in [-0.4, -0.2) is 28.2 Å². The second-order valence-electron chi connectivity index (χ2n) is 6.54. The first-order valence-electron chi connectivity index (χ1n) is 8.49. The van der Waals surface area contributed by atoms with Crippen LogP contribution < -0.4 is 10.0 Å². The van der Waals surface area contributed by atoms with Gasteiger partial charge in [-0.3, -0.25) is 9.11 Å². The van der Waals surface area contributed by atoms with Gasteiger partial charge in [0.1, 0.15) is 0 Å². The summed E-state index contributed by atoms with van der Waals surface area (Å²) < 4.78 is 40.3. The minimum atomic E-state index is -3.65. The van der Waals surface area contributed by atoms with E-state index in [1.165, 1.54) is 17.7 Å². The molecular weight excluding hydrogens is 339 g/mol. The summed E-state index contributed by atoms with van der Waals surface area (Å²) in [5.74, 6) is 0.262. The second kappa shape index (κ2) is 7.54. The monoisotopic (exact) mass is 362 g/mol. The standard InChI is InChI=1S/C19H23FN2O2S/c1-14(12-20)15-4-8-19(9-5-15)25(23,24)22-18-6-2-16(3-7-18)17-10-11-21-13-17/h2-9,14,17,21-22H,10-13H2,1H3/t14-,17?/m0/s1. The molecule has 134 valence electrons. The number of sulfonamides is 1. The first kappa shape index (κ1) is 17.9.